The fraction of sp³-hybridized carbons (Fsp3) is 0.308. The summed E-state index contributed by atoms with van der Waals surface area (Å²) in [5, 5.41) is 0.939. The van der Waals surface area contributed by atoms with Crippen molar-refractivity contribution in [3.8, 4) is 11.3 Å². The Morgan fingerprint density at radius 2 is 1.65 bits per heavy atom. The first-order valence-electron chi connectivity index (χ1n) is 10.9. The van der Waals surface area contributed by atoms with Gasteiger partial charge in [-0.05, 0) is 97.2 Å². The number of imidazole rings is 1. The Balaban J connectivity index is 1.29. The maximum atomic E-state index is 13.8. The number of halogens is 2. The van der Waals surface area contributed by atoms with Gasteiger partial charge in [-0.2, -0.15) is 0 Å². The molecule has 0 saturated heterocycles. The van der Waals surface area contributed by atoms with Gasteiger partial charge in [-0.1, -0.05) is 6.92 Å². The molecule has 0 unspecified atom stereocenters. The molecule has 1 fully saturated rings. The van der Waals surface area contributed by atoms with Crippen LogP contribution in [-0.4, -0.2) is 15.0 Å². The Labute approximate surface area is 180 Å². The Morgan fingerprint density at radius 3 is 2.42 bits per heavy atom. The van der Waals surface area contributed by atoms with Crippen LogP contribution in [0.3, 0.4) is 0 Å². The first kappa shape index (κ1) is 19.9. The van der Waals surface area contributed by atoms with Crippen LogP contribution < -0.4 is 0 Å². The van der Waals surface area contributed by atoms with Gasteiger partial charge < -0.3 is 4.98 Å². The number of hydrogen-bond donors (Lipinski definition) is 1. The molecule has 158 valence electrons. The highest BCUT2D eigenvalue weighted by Gasteiger charge is 2.29. The topological polar surface area (TPSA) is 41.6 Å². The van der Waals surface area contributed by atoms with Crippen LogP contribution in [0.4, 0.5) is 8.78 Å². The van der Waals surface area contributed by atoms with Crippen molar-refractivity contribution in [2.24, 2.45) is 5.92 Å². The molecule has 2 heterocycles. The molecule has 5 rings (SSSR count). The second-order valence-electron chi connectivity index (χ2n) is 8.65. The molecule has 1 aliphatic carbocycles. The second-order valence-corrected chi connectivity index (χ2v) is 8.65. The number of nitrogens with one attached hydrogen (secondary N) is 1. The summed E-state index contributed by atoms with van der Waals surface area (Å²) in [6.45, 7) is 2.23. The number of rotatable bonds is 4. The van der Waals surface area contributed by atoms with Gasteiger partial charge in [0, 0.05) is 17.5 Å². The molecule has 1 atom stereocenters. The molecule has 1 saturated carbocycles. The molecule has 1 N–H and O–H groups in total. The number of nitrogens with zero attached hydrogens (tertiary/aromatic N) is 2. The first-order valence-corrected chi connectivity index (χ1v) is 10.9. The smallest absolute Gasteiger partial charge is 0.123 e. The normalized spacial score (nSPS) is 20.1. The summed E-state index contributed by atoms with van der Waals surface area (Å²) in [6, 6.07) is 13.4. The zero-order valence-electron chi connectivity index (χ0n) is 17.5. The minimum atomic E-state index is -0.238. The number of pyridine rings is 1. The molecule has 2 aromatic heterocycles. The third-order valence-electron chi connectivity index (χ3n) is 6.84. The van der Waals surface area contributed by atoms with E-state index in [1.54, 1.807) is 24.3 Å². The van der Waals surface area contributed by atoms with Crippen molar-refractivity contribution in [2.45, 2.75) is 44.4 Å². The third kappa shape index (κ3) is 3.97. The highest BCUT2D eigenvalue weighted by Crippen LogP contribution is 2.42. The van der Waals surface area contributed by atoms with E-state index in [4.69, 9.17) is 0 Å². The monoisotopic (exact) mass is 417 g/mol. The number of benzene rings is 2. The molecule has 3 nitrogen and oxygen atoms in total. The molecule has 4 aromatic rings. The van der Waals surface area contributed by atoms with Gasteiger partial charge in [0.05, 0.1) is 17.4 Å². The number of aromatic amines is 1. The number of aromatic nitrogens is 3. The Kier molecular flexibility index (Phi) is 5.26. The van der Waals surface area contributed by atoms with Gasteiger partial charge in [0.1, 0.15) is 17.5 Å². The van der Waals surface area contributed by atoms with Crippen LogP contribution in [-0.2, 0) is 0 Å². The lowest BCUT2D eigenvalue weighted by Gasteiger charge is -2.32. The van der Waals surface area contributed by atoms with Gasteiger partial charge in [0.15, 0.2) is 0 Å². The lowest BCUT2D eigenvalue weighted by molar-refractivity contribution is 0.286. The van der Waals surface area contributed by atoms with Crippen molar-refractivity contribution in [3.63, 3.8) is 0 Å². The first-order chi connectivity index (χ1) is 15.1. The molecule has 0 aliphatic heterocycles. The van der Waals surface area contributed by atoms with Crippen LogP contribution in [0.2, 0.25) is 0 Å². The predicted molar refractivity (Wildman–Crippen MR) is 119 cm³/mol. The molecule has 0 amide bonds. The van der Waals surface area contributed by atoms with Crippen molar-refractivity contribution < 1.29 is 8.78 Å². The van der Waals surface area contributed by atoms with Gasteiger partial charge in [-0.25, -0.2) is 13.8 Å². The van der Waals surface area contributed by atoms with Crippen molar-refractivity contribution in [3.05, 3.63) is 83.9 Å². The summed E-state index contributed by atoms with van der Waals surface area (Å²) in [6.07, 6.45) is 8.05. The molecule has 2 aromatic carbocycles. The molecule has 0 radical (unpaired) electrons. The predicted octanol–water partition coefficient (Wildman–Crippen LogP) is 6.98. The summed E-state index contributed by atoms with van der Waals surface area (Å²) >= 11 is 0. The van der Waals surface area contributed by atoms with Crippen LogP contribution in [0.25, 0.3) is 22.2 Å². The van der Waals surface area contributed by atoms with E-state index < -0.39 is 0 Å². The molecular weight excluding hydrogens is 392 g/mol. The quantitative estimate of drug-likeness (QED) is 0.389. The SMILES string of the molecule is C[C@@H](c1ncc(-c2ccc(F)cc2)[nH]1)C1CCC(c2ccnc3ccc(F)cc23)CC1. The fourth-order valence-electron chi connectivity index (χ4n) is 4.99. The van der Waals surface area contributed by atoms with E-state index in [2.05, 4.69) is 27.9 Å². The average Bonchev–Trinajstić information content (AvgIpc) is 3.29. The summed E-state index contributed by atoms with van der Waals surface area (Å²) in [7, 11) is 0. The van der Waals surface area contributed by atoms with E-state index in [9.17, 15) is 8.78 Å². The Bertz CT molecular complexity index is 1190. The molecule has 1 aliphatic rings. The van der Waals surface area contributed by atoms with Crippen LogP contribution in [0.5, 0.6) is 0 Å². The number of fused-ring (bicyclic) bond motifs is 1. The maximum Gasteiger partial charge on any atom is 0.123 e. The highest BCUT2D eigenvalue weighted by molar-refractivity contribution is 5.82. The molecule has 0 spiro atoms. The van der Waals surface area contributed by atoms with Crippen molar-refractivity contribution in [2.75, 3.05) is 0 Å². The highest BCUT2D eigenvalue weighted by atomic mass is 19.1. The average molecular weight is 418 g/mol. The van der Waals surface area contributed by atoms with Crippen LogP contribution >= 0.6 is 0 Å². The third-order valence-corrected chi connectivity index (χ3v) is 6.84. The molecule has 0 bridgehead atoms. The number of H-pyrrole nitrogens is 1. The van der Waals surface area contributed by atoms with E-state index in [1.165, 1.54) is 23.8 Å². The van der Waals surface area contributed by atoms with E-state index in [-0.39, 0.29) is 11.6 Å². The van der Waals surface area contributed by atoms with E-state index >= 15 is 0 Å². The molecule has 31 heavy (non-hydrogen) atoms. The van der Waals surface area contributed by atoms with E-state index in [0.717, 1.165) is 53.7 Å². The summed E-state index contributed by atoms with van der Waals surface area (Å²) in [4.78, 5) is 12.4. The molecule has 5 heteroatoms. The Morgan fingerprint density at radius 1 is 0.903 bits per heavy atom. The van der Waals surface area contributed by atoms with Crippen molar-refractivity contribution in [1.82, 2.24) is 15.0 Å². The zero-order chi connectivity index (χ0) is 21.4. The fourth-order valence-corrected chi connectivity index (χ4v) is 4.99. The van der Waals surface area contributed by atoms with Crippen molar-refractivity contribution >= 4 is 10.9 Å². The van der Waals surface area contributed by atoms with Gasteiger partial charge in [-0.3, -0.25) is 4.98 Å². The van der Waals surface area contributed by atoms with Gasteiger partial charge in [-0.15, -0.1) is 0 Å². The minimum absolute atomic E-state index is 0.209. The van der Waals surface area contributed by atoms with Crippen LogP contribution in [0.1, 0.15) is 55.8 Å². The Hall–Kier alpha value is -3.08. The number of hydrogen-bond acceptors (Lipinski definition) is 2. The van der Waals surface area contributed by atoms with Crippen LogP contribution in [0, 0.1) is 17.6 Å². The van der Waals surface area contributed by atoms with Crippen molar-refractivity contribution in [1.29, 1.82) is 0 Å². The van der Waals surface area contributed by atoms with E-state index in [1.807, 2.05) is 12.4 Å². The molecular formula is C26H25F2N3. The van der Waals surface area contributed by atoms with Gasteiger partial charge in [0.2, 0.25) is 0 Å². The lowest BCUT2D eigenvalue weighted by Crippen LogP contribution is -2.19. The summed E-state index contributed by atoms with van der Waals surface area (Å²) in [5.74, 6) is 1.84. The lowest BCUT2D eigenvalue weighted by atomic mass is 9.73. The summed E-state index contributed by atoms with van der Waals surface area (Å²) < 4.78 is 27.0. The largest absolute Gasteiger partial charge is 0.342 e. The van der Waals surface area contributed by atoms with Crippen LogP contribution in [0.15, 0.2) is 60.9 Å². The zero-order valence-corrected chi connectivity index (χ0v) is 17.5. The standard InChI is InChI=1S/C26H25F2N3/c1-16(26-30-15-25(31-26)19-6-8-20(27)9-7-19)17-2-4-18(5-3-17)22-12-13-29-24-11-10-21(28)14-23(22)24/h6-18H,2-5H2,1H3,(H,30,31)/t16-,17?,18?/m1/s1. The minimum Gasteiger partial charge on any atom is -0.342 e. The van der Waals surface area contributed by atoms with Gasteiger partial charge in [0.25, 0.3) is 0 Å². The van der Waals surface area contributed by atoms with Gasteiger partial charge >= 0.3 is 0 Å². The second kappa shape index (κ2) is 8.22. The van der Waals surface area contributed by atoms with E-state index in [0.29, 0.717) is 17.8 Å². The summed E-state index contributed by atoms with van der Waals surface area (Å²) in [5.41, 5.74) is 3.93. The maximum absolute atomic E-state index is 13.8.